The molecule has 0 radical (unpaired) electrons. The number of pyridine rings is 1. The Morgan fingerprint density at radius 3 is 2.83 bits per heavy atom. The van der Waals surface area contributed by atoms with Crippen LogP contribution in [0.5, 0.6) is 5.75 Å². The number of rotatable bonds is 3. The lowest BCUT2D eigenvalue weighted by atomic mass is 9.75. The van der Waals surface area contributed by atoms with Crippen molar-refractivity contribution in [2.45, 2.75) is 24.9 Å². The lowest BCUT2D eigenvalue weighted by Gasteiger charge is -2.40. The minimum Gasteiger partial charge on any atom is -0.497 e. The predicted molar refractivity (Wildman–Crippen MR) is 115 cm³/mol. The van der Waals surface area contributed by atoms with Crippen LogP contribution in [-0.4, -0.2) is 30.2 Å². The van der Waals surface area contributed by atoms with Gasteiger partial charge in [-0.3, -0.25) is 9.78 Å². The van der Waals surface area contributed by atoms with Gasteiger partial charge in [-0.05, 0) is 47.5 Å². The SMILES string of the molecule is COc1ccc2ncc(/C=C/C34NC(=O)CN3c3ccccc3C4(C)C)cc2c1. The molecule has 1 saturated heterocycles. The molecule has 0 aliphatic carbocycles. The normalized spacial score (nSPS) is 22.0. The summed E-state index contributed by atoms with van der Waals surface area (Å²) in [5.41, 5.74) is 3.38. The van der Waals surface area contributed by atoms with Gasteiger partial charge in [0.05, 0.1) is 19.2 Å². The van der Waals surface area contributed by atoms with Gasteiger partial charge in [-0.25, -0.2) is 0 Å². The molecule has 0 spiro atoms. The van der Waals surface area contributed by atoms with Crippen molar-refractivity contribution in [2.24, 2.45) is 0 Å². The maximum absolute atomic E-state index is 12.4. The summed E-state index contributed by atoms with van der Waals surface area (Å²) in [6, 6.07) is 16.3. The number of carbonyl (C=O) groups is 1. The molecule has 0 bridgehead atoms. The molecule has 3 heterocycles. The first-order valence-corrected chi connectivity index (χ1v) is 9.76. The summed E-state index contributed by atoms with van der Waals surface area (Å²) in [5.74, 6) is 0.847. The highest BCUT2D eigenvalue weighted by molar-refractivity contribution is 5.92. The van der Waals surface area contributed by atoms with Gasteiger partial charge in [-0.2, -0.15) is 0 Å². The smallest absolute Gasteiger partial charge is 0.241 e. The van der Waals surface area contributed by atoms with Gasteiger partial charge in [0.25, 0.3) is 0 Å². The van der Waals surface area contributed by atoms with E-state index in [1.807, 2.05) is 30.5 Å². The van der Waals surface area contributed by atoms with Crippen molar-refractivity contribution in [3.8, 4) is 5.75 Å². The van der Waals surface area contributed by atoms with E-state index in [0.29, 0.717) is 6.54 Å². The minimum absolute atomic E-state index is 0.0404. The van der Waals surface area contributed by atoms with Crippen LogP contribution in [0.4, 0.5) is 5.69 Å². The van der Waals surface area contributed by atoms with Crippen molar-refractivity contribution < 1.29 is 9.53 Å². The van der Waals surface area contributed by atoms with E-state index in [-0.39, 0.29) is 11.3 Å². The van der Waals surface area contributed by atoms with Gasteiger partial charge in [-0.1, -0.05) is 38.1 Å². The van der Waals surface area contributed by atoms with Crippen LogP contribution in [0, 0.1) is 0 Å². The van der Waals surface area contributed by atoms with E-state index in [0.717, 1.165) is 27.9 Å². The zero-order valence-corrected chi connectivity index (χ0v) is 16.8. The molecule has 3 aromatic rings. The number of anilines is 1. The van der Waals surface area contributed by atoms with Crippen LogP contribution in [0.25, 0.3) is 17.0 Å². The number of benzene rings is 2. The molecule has 2 aliphatic rings. The molecular formula is C24H23N3O2. The average molecular weight is 385 g/mol. The second kappa shape index (κ2) is 6.08. The number of carbonyl (C=O) groups excluding carboxylic acids is 1. The highest BCUT2D eigenvalue weighted by atomic mass is 16.5. The Balaban J connectivity index is 1.59. The Labute approximate surface area is 170 Å². The fourth-order valence-electron chi connectivity index (χ4n) is 4.70. The molecule has 1 fully saturated rings. The van der Waals surface area contributed by atoms with Crippen molar-refractivity contribution >= 4 is 28.6 Å². The Hall–Kier alpha value is -3.34. The fourth-order valence-corrected chi connectivity index (χ4v) is 4.70. The number of hydrogen-bond acceptors (Lipinski definition) is 4. The molecule has 1 aromatic heterocycles. The lowest BCUT2D eigenvalue weighted by Crippen LogP contribution is -2.58. The van der Waals surface area contributed by atoms with Gasteiger partial charge in [0.15, 0.2) is 0 Å². The number of nitrogens with zero attached hydrogens (tertiary/aromatic N) is 2. The van der Waals surface area contributed by atoms with Crippen LogP contribution >= 0.6 is 0 Å². The maximum atomic E-state index is 12.4. The molecule has 1 atom stereocenters. The highest BCUT2D eigenvalue weighted by Crippen LogP contribution is 2.52. The number of fused-ring (bicyclic) bond motifs is 4. The number of nitrogens with one attached hydrogen (secondary N) is 1. The number of hydrogen-bond donors (Lipinski definition) is 1. The number of methoxy groups -OCH3 is 1. The standard InChI is InChI=1S/C24H23N3O2/c1-23(2)19-6-4-5-7-21(19)27-15-22(28)26-24(23,27)11-10-16-12-17-13-18(29-3)8-9-20(17)25-14-16/h4-14H,15H2,1-3H3,(H,26,28)/b11-10+. The Kier molecular flexibility index (Phi) is 3.72. The summed E-state index contributed by atoms with van der Waals surface area (Å²) in [5, 5.41) is 4.27. The second-order valence-electron chi connectivity index (χ2n) is 8.20. The number of ether oxygens (including phenoxy) is 1. The molecule has 0 saturated carbocycles. The number of aromatic nitrogens is 1. The first kappa shape index (κ1) is 17.7. The van der Waals surface area contributed by atoms with E-state index in [1.54, 1.807) is 7.11 Å². The van der Waals surface area contributed by atoms with Gasteiger partial charge in [-0.15, -0.1) is 0 Å². The van der Waals surface area contributed by atoms with Crippen LogP contribution in [0.15, 0.2) is 60.8 Å². The third kappa shape index (κ3) is 2.47. The molecule has 1 amide bonds. The number of para-hydroxylation sites is 1. The van der Waals surface area contributed by atoms with Gasteiger partial charge in [0.1, 0.15) is 11.4 Å². The molecule has 2 aromatic carbocycles. The van der Waals surface area contributed by atoms with E-state index in [1.165, 1.54) is 5.56 Å². The van der Waals surface area contributed by atoms with Gasteiger partial charge in [0, 0.05) is 22.7 Å². The second-order valence-corrected chi connectivity index (χ2v) is 8.20. The van der Waals surface area contributed by atoms with Crippen LogP contribution in [0.3, 0.4) is 0 Å². The topological polar surface area (TPSA) is 54.5 Å². The van der Waals surface area contributed by atoms with Crippen molar-refractivity contribution in [2.75, 3.05) is 18.6 Å². The van der Waals surface area contributed by atoms with Gasteiger partial charge in [0.2, 0.25) is 5.91 Å². The molecule has 5 rings (SSSR count). The molecule has 29 heavy (non-hydrogen) atoms. The van der Waals surface area contributed by atoms with Crippen molar-refractivity contribution in [1.29, 1.82) is 0 Å². The molecular weight excluding hydrogens is 362 g/mol. The molecule has 1 unspecified atom stereocenters. The monoisotopic (exact) mass is 385 g/mol. The first-order chi connectivity index (χ1) is 13.9. The quantitative estimate of drug-likeness (QED) is 0.743. The van der Waals surface area contributed by atoms with Crippen LogP contribution < -0.4 is 15.0 Å². The molecule has 5 nitrogen and oxygen atoms in total. The molecule has 2 aliphatic heterocycles. The van der Waals surface area contributed by atoms with E-state index in [9.17, 15) is 4.79 Å². The third-order valence-corrected chi connectivity index (χ3v) is 6.31. The zero-order valence-electron chi connectivity index (χ0n) is 16.8. The minimum atomic E-state index is -0.600. The summed E-state index contributed by atoms with van der Waals surface area (Å²) in [6.07, 6.45) is 6.03. The zero-order chi connectivity index (χ0) is 20.2. The maximum Gasteiger partial charge on any atom is 0.241 e. The number of amides is 1. The summed E-state index contributed by atoms with van der Waals surface area (Å²) in [6.45, 7) is 4.73. The van der Waals surface area contributed by atoms with Crippen molar-refractivity contribution in [3.05, 3.63) is 71.9 Å². The van der Waals surface area contributed by atoms with Crippen LogP contribution in [-0.2, 0) is 10.2 Å². The van der Waals surface area contributed by atoms with E-state index in [2.05, 4.69) is 65.5 Å². The summed E-state index contributed by atoms with van der Waals surface area (Å²) in [7, 11) is 1.66. The molecule has 5 heteroatoms. The Morgan fingerprint density at radius 1 is 1.17 bits per heavy atom. The van der Waals surface area contributed by atoms with Crippen molar-refractivity contribution in [3.63, 3.8) is 0 Å². The Morgan fingerprint density at radius 2 is 2.00 bits per heavy atom. The average Bonchev–Trinajstić information content (AvgIpc) is 3.16. The summed E-state index contributed by atoms with van der Waals surface area (Å²) in [4.78, 5) is 19.2. The summed E-state index contributed by atoms with van der Waals surface area (Å²) >= 11 is 0. The third-order valence-electron chi connectivity index (χ3n) is 6.31. The lowest BCUT2D eigenvalue weighted by molar-refractivity contribution is -0.118. The molecule has 146 valence electrons. The van der Waals surface area contributed by atoms with Crippen molar-refractivity contribution in [1.82, 2.24) is 10.3 Å². The Bertz CT molecular complexity index is 1170. The highest BCUT2D eigenvalue weighted by Gasteiger charge is 2.59. The largest absolute Gasteiger partial charge is 0.497 e. The van der Waals surface area contributed by atoms with E-state index in [4.69, 9.17) is 4.74 Å². The van der Waals surface area contributed by atoms with Gasteiger partial charge >= 0.3 is 0 Å². The molecule has 1 N–H and O–H groups in total. The van der Waals surface area contributed by atoms with Crippen LogP contribution in [0.2, 0.25) is 0 Å². The predicted octanol–water partition coefficient (Wildman–Crippen LogP) is 3.88. The van der Waals surface area contributed by atoms with Crippen LogP contribution in [0.1, 0.15) is 25.0 Å². The van der Waals surface area contributed by atoms with E-state index >= 15 is 0 Å². The van der Waals surface area contributed by atoms with E-state index < -0.39 is 5.66 Å². The fraction of sp³-hybridized carbons (Fsp3) is 0.250. The summed E-state index contributed by atoms with van der Waals surface area (Å²) < 4.78 is 5.33. The first-order valence-electron chi connectivity index (χ1n) is 9.76. The van der Waals surface area contributed by atoms with Gasteiger partial charge < -0.3 is 15.0 Å².